The van der Waals surface area contributed by atoms with Crippen LogP contribution in [0.1, 0.15) is 18.4 Å². The summed E-state index contributed by atoms with van der Waals surface area (Å²) in [7, 11) is 0. The number of hydrogen-bond acceptors (Lipinski definition) is 3. The van der Waals surface area contributed by atoms with Gasteiger partial charge in [0, 0.05) is 19.1 Å². The van der Waals surface area contributed by atoms with Crippen molar-refractivity contribution in [1.29, 1.82) is 5.26 Å². The Morgan fingerprint density at radius 1 is 1.41 bits per heavy atom. The van der Waals surface area contributed by atoms with E-state index in [1.54, 1.807) is 12.1 Å². The Labute approximate surface area is 108 Å². The van der Waals surface area contributed by atoms with Crippen LogP contribution in [0.25, 0.3) is 0 Å². The largest absolute Gasteiger partial charge is 0.369 e. The quantitative estimate of drug-likeness (QED) is 0.866. The number of nitrogens with two attached hydrogens (primary N) is 1. The molecule has 0 saturated carbocycles. The number of rotatable bonds is 1. The molecule has 0 aromatic heterocycles. The van der Waals surface area contributed by atoms with E-state index in [1.807, 2.05) is 11.0 Å². The summed E-state index contributed by atoms with van der Waals surface area (Å²) in [6.45, 7) is 1.52. The average Bonchev–Trinajstić information content (AvgIpc) is 2.34. The summed E-state index contributed by atoms with van der Waals surface area (Å²) < 4.78 is 14.3. The molecule has 1 aromatic carbocycles. The summed E-state index contributed by atoms with van der Waals surface area (Å²) >= 11 is 3.12. The summed E-state index contributed by atoms with van der Waals surface area (Å²) in [5, 5.41) is 8.80. The van der Waals surface area contributed by atoms with Gasteiger partial charge >= 0.3 is 0 Å². The van der Waals surface area contributed by atoms with E-state index >= 15 is 0 Å². The second-order valence-electron chi connectivity index (χ2n) is 4.20. The Hall–Kier alpha value is -1.12. The molecule has 0 radical (unpaired) electrons. The molecule has 0 unspecified atom stereocenters. The van der Waals surface area contributed by atoms with Gasteiger partial charge in [0.1, 0.15) is 6.07 Å². The molecule has 0 spiro atoms. The second-order valence-corrected chi connectivity index (χ2v) is 4.99. The molecule has 3 nitrogen and oxygen atoms in total. The minimum Gasteiger partial charge on any atom is -0.369 e. The number of benzene rings is 1. The first-order valence-corrected chi connectivity index (χ1v) is 6.31. The monoisotopic (exact) mass is 297 g/mol. The smallest absolute Gasteiger partial charge is 0.161 e. The molecule has 1 aliphatic rings. The number of anilines is 1. The van der Waals surface area contributed by atoms with Crippen LogP contribution in [0.4, 0.5) is 10.1 Å². The fourth-order valence-corrected chi connectivity index (χ4v) is 2.43. The molecule has 5 heteroatoms. The van der Waals surface area contributed by atoms with Gasteiger partial charge in [0.15, 0.2) is 5.82 Å². The molecule has 90 valence electrons. The molecule has 1 aliphatic heterocycles. The lowest BCUT2D eigenvalue weighted by Gasteiger charge is -2.32. The lowest BCUT2D eigenvalue weighted by atomic mass is 10.0. The zero-order valence-electron chi connectivity index (χ0n) is 9.29. The van der Waals surface area contributed by atoms with Gasteiger partial charge in [0.05, 0.1) is 15.7 Å². The molecule has 17 heavy (non-hydrogen) atoms. The van der Waals surface area contributed by atoms with E-state index in [1.165, 1.54) is 0 Å². The van der Waals surface area contributed by atoms with Crippen LogP contribution in [0.15, 0.2) is 16.6 Å². The lowest BCUT2D eigenvalue weighted by Crippen LogP contribution is -2.40. The third kappa shape index (κ3) is 2.43. The van der Waals surface area contributed by atoms with Gasteiger partial charge in [-0.1, -0.05) is 0 Å². The number of nitrogens with zero attached hydrogens (tertiary/aromatic N) is 2. The second kappa shape index (κ2) is 5.03. The minimum atomic E-state index is -0.362. The Morgan fingerprint density at radius 2 is 2.06 bits per heavy atom. The lowest BCUT2D eigenvalue weighted by molar-refractivity contribution is 0.493. The molecule has 0 amide bonds. The number of piperidine rings is 1. The summed E-state index contributed by atoms with van der Waals surface area (Å²) in [5.74, 6) is -0.362. The van der Waals surface area contributed by atoms with E-state index in [-0.39, 0.29) is 16.3 Å². The van der Waals surface area contributed by atoms with Crippen LogP contribution in [0, 0.1) is 17.1 Å². The van der Waals surface area contributed by atoms with Gasteiger partial charge < -0.3 is 10.6 Å². The Morgan fingerprint density at radius 3 is 2.65 bits per heavy atom. The number of nitriles is 1. The van der Waals surface area contributed by atoms with Crippen molar-refractivity contribution < 1.29 is 4.39 Å². The zero-order valence-corrected chi connectivity index (χ0v) is 10.9. The van der Waals surface area contributed by atoms with Crippen molar-refractivity contribution in [1.82, 2.24) is 0 Å². The molecule has 0 aliphatic carbocycles. The first kappa shape index (κ1) is 12.3. The highest BCUT2D eigenvalue weighted by Crippen LogP contribution is 2.30. The molecule has 1 fully saturated rings. The molecular weight excluding hydrogens is 285 g/mol. The van der Waals surface area contributed by atoms with Crippen molar-refractivity contribution in [2.24, 2.45) is 5.73 Å². The highest BCUT2D eigenvalue weighted by Gasteiger charge is 2.21. The number of hydrogen-bond donors (Lipinski definition) is 1. The van der Waals surface area contributed by atoms with E-state index in [2.05, 4.69) is 15.9 Å². The van der Waals surface area contributed by atoms with Crippen molar-refractivity contribution in [3.8, 4) is 6.07 Å². The summed E-state index contributed by atoms with van der Waals surface area (Å²) in [6.07, 6.45) is 1.74. The van der Waals surface area contributed by atoms with Gasteiger partial charge in [-0.25, -0.2) is 4.39 Å². The maximum Gasteiger partial charge on any atom is 0.161 e. The maximum atomic E-state index is 14.1. The minimum absolute atomic E-state index is 0.219. The average molecular weight is 298 g/mol. The van der Waals surface area contributed by atoms with E-state index in [9.17, 15) is 4.39 Å². The first-order chi connectivity index (χ1) is 8.13. The third-order valence-electron chi connectivity index (χ3n) is 3.06. The maximum absolute atomic E-state index is 14.1. The van der Waals surface area contributed by atoms with Gasteiger partial charge in [-0.2, -0.15) is 5.26 Å². The summed E-state index contributed by atoms with van der Waals surface area (Å²) in [5.41, 5.74) is 6.68. The first-order valence-electron chi connectivity index (χ1n) is 5.52. The van der Waals surface area contributed by atoms with Crippen LogP contribution in [-0.4, -0.2) is 19.1 Å². The normalized spacial score (nSPS) is 16.9. The van der Waals surface area contributed by atoms with Crippen LogP contribution in [0.5, 0.6) is 0 Å². The predicted octanol–water partition coefficient (Wildman–Crippen LogP) is 2.39. The molecule has 0 bridgehead atoms. The van der Waals surface area contributed by atoms with Crippen molar-refractivity contribution in [2.45, 2.75) is 18.9 Å². The third-order valence-corrected chi connectivity index (χ3v) is 3.84. The van der Waals surface area contributed by atoms with Crippen LogP contribution in [0.2, 0.25) is 0 Å². The van der Waals surface area contributed by atoms with Crippen LogP contribution in [0.3, 0.4) is 0 Å². The van der Waals surface area contributed by atoms with Gasteiger partial charge in [-0.15, -0.1) is 0 Å². The number of halogens is 2. The van der Waals surface area contributed by atoms with Gasteiger partial charge in [-0.05, 0) is 40.9 Å². The molecule has 1 aromatic rings. The molecule has 1 heterocycles. The van der Waals surface area contributed by atoms with Crippen molar-refractivity contribution in [3.05, 3.63) is 28.0 Å². The molecule has 2 rings (SSSR count). The molecular formula is C12H13BrFN3. The highest BCUT2D eigenvalue weighted by molar-refractivity contribution is 9.10. The fraction of sp³-hybridized carbons (Fsp3) is 0.417. The van der Waals surface area contributed by atoms with E-state index in [0.29, 0.717) is 11.3 Å². The van der Waals surface area contributed by atoms with Gasteiger partial charge in [-0.3, -0.25) is 0 Å². The Bertz CT molecular complexity index is 462. The van der Waals surface area contributed by atoms with Crippen LogP contribution < -0.4 is 10.6 Å². The standard InChI is InChI=1S/C12H13BrFN3/c13-11-8(7-15)1-2-10(12(11)14)17-5-3-9(16)4-6-17/h1-2,9H,3-6,16H2. The van der Waals surface area contributed by atoms with Crippen molar-refractivity contribution in [3.63, 3.8) is 0 Å². The summed E-state index contributed by atoms with van der Waals surface area (Å²) in [4.78, 5) is 1.98. The topological polar surface area (TPSA) is 53.0 Å². The Balaban J connectivity index is 2.28. The highest BCUT2D eigenvalue weighted by atomic mass is 79.9. The van der Waals surface area contributed by atoms with Crippen LogP contribution in [-0.2, 0) is 0 Å². The van der Waals surface area contributed by atoms with E-state index < -0.39 is 0 Å². The van der Waals surface area contributed by atoms with Crippen LogP contribution >= 0.6 is 15.9 Å². The SMILES string of the molecule is N#Cc1ccc(N2CCC(N)CC2)c(F)c1Br. The van der Waals surface area contributed by atoms with E-state index in [4.69, 9.17) is 11.0 Å². The molecule has 2 N–H and O–H groups in total. The summed E-state index contributed by atoms with van der Waals surface area (Å²) in [6, 6.07) is 5.46. The van der Waals surface area contributed by atoms with E-state index in [0.717, 1.165) is 25.9 Å². The van der Waals surface area contributed by atoms with Crippen molar-refractivity contribution in [2.75, 3.05) is 18.0 Å². The van der Waals surface area contributed by atoms with Gasteiger partial charge in [0.25, 0.3) is 0 Å². The van der Waals surface area contributed by atoms with Gasteiger partial charge in [0.2, 0.25) is 0 Å². The molecule has 1 saturated heterocycles. The molecule has 0 atom stereocenters. The zero-order chi connectivity index (χ0) is 12.4. The predicted molar refractivity (Wildman–Crippen MR) is 68.2 cm³/mol. The Kier molecular flexibility index (Phi) is 3.65. The fourth-order valence-electron chi connectivity index (χ4n) is 2.01. The van der Waals surface area contributed by atoms with Crippen molar-refractivity contribution >= 4 is 21.6 Å².